The fourth-order valence-electron chi connectivity index (χ4n) is 1.63. The molecule has 1 unspecified atom stereocenters. The van der Waals surface area contributed by atoms with E-state index in [-0.39, 0.29) is 30.9 Å². The summed E-state index contributed by atoms with van der Waals surface area (Å²) >= 11 is 0. The van der Waals surface area contributed by atoms with Gasteiger partial charge in [0.25, 0.3) is 5.91 Å². The summed E-state index contributed by atoms with van der Waals surface area (Å²) in [5.74, 6) is 0.0599. The summed E-state index contributed by atoms with van der Waals surface area (Å²) in [5, 5.41) is 2.75. The topological polar surface area (TPSA) is 64.6 Å². The van der Waals surface area contributed by atoms with Gasteiger partial charge in [-0.1, -0.05) is 24.6 Å². The largest absolute Gasteiger partial charge is 0.484 e. The minimum absolute atomic E-state index is 0.0687. The van der Waals surface area contributed by atoms with Crippen molar-refractivity contribution in [3.63, 3.8) is 0 Å². The minimum Gasteiger partial charge on any atom is -0.484 e. The molecule has 1 atom stereocenters. The van der Waals surface area contributed by atoms with Crippen LogP contribution >= 0.6 is 0 Å². The van der Waals surface area contributed by atoms with E-state index in [0.29, 0.717) is 12.2 Å². The lowest BCUT2D eigenvalue weighted by Gasteiger charge is -2.16. The van der Waals surface area contributed by atoms with Crippen LogP contribution in [0.2, 0.25) is 0 Å². The summed E-state index contributed by atoms with van der Waals surface area (Å²) in [6.45, 7) is 3.81. The second kappa shape index (κ2) is 8.19. The van der Waals surface area contributed by atoms with Crippen LogP contribution in [0.4, 0.5) is 0 Å². The van der Waals surface area contributed by atoms with Crippen LogP contribution in [-0.4, -0.2) is 31.6 Å². The first-order valence-corrected chi connectivity index (χ1v) is 6.60. The summed E-state index contributed by atoms with van der Waals surface area (Å²) in [7, 11) is 1.33. The molecule has 0 aliphatic heterocycles. The maximum Gasteiger partial charge on any atom is 0.307 e. The summed E-state index contributed by atoms with van der Waals surface area (Å²) in [6.07, 6.45) is 0.828. The first kappa shape index (κ1) is 16.0. The predicted molar refractivity (Wildman–Crippen MR) is 75.5 cm³/mol. The maximum atomic E-state index is 11.7. The number of ether oxygens (including phenoxy) is 2. The lowest BCUT2D eigenvalue weighted by molar-refractivity contribution is -0.141. The normalized spacial score (nSPS) is 11.6. The monoisotopic (exact) mass is 279 g/mol. The SMILES string of the molecule is CCC(CC(=O)OC)NC(=O)COc1ccc(C)cc1. The van der Waals surface area contributed by atoms with Gasteiger partial charge in [-0.05, 0) is 25.5 Å². The quantitative estimate of drug-likeness (QED) is 0.773. The second-order valence-electron chi connectivity index (χ2n) is 4.55. The number of benzene rings is 1. The van der Waals surface area contributed by atoms with Crippen LogP contribution in [0.25, 0.3) is 0 Å². The number of carbonyl (C=O) groups excluding carboxylic acids is 2. The molecule has 0 fully saturated rings. The molecule has 0 radical (unpaired) electrons. The van der Waals surface area contributed by atoms with Gasteiger partial charge in [0.2, 0.25) is 0 Å². The van der Waals surface area contributed by atoms with E-state index in [2.05, 4.69) is 10.1 Å². The molecule has 5 heteroatoms. The van der Waals surface area contributed by atoms with Crippen molar-refractivity contribution < 1.29 is 19.1 Å². The Bertz CT molecular complexity index is 442. The molecule has 0 spiro atoms. The van der Waals surface area contributed by atoms with Crippen LogP contribution in [0.3, 0.4) is 0 Å². The summed E-state index contributed by atoms with van der Waals surface area (Å²) in [4.78, 5) is 22.9. The van der Waals surface area contributed by atoms with Gasteiger partial charge in [0.15, 0.2) is 6.61 Å². The molecule has 0 heterocycles. The van der Waals surface area contributed by atoms with Crippen LogP contribution in [0.1, 0.15) is 25.3 Å². The van der Waals surface area contributed by atoms with E-state index in [4.69, 9.17) is 4.74 Å². The predicted octanol–water partition coefficient (Wildman–Crippen LogP) is 1.83. The standard InChI is InChI=1S/C15H21NO4/c1-4-12(9-15(18)19-3)16-14(17)10-20-13-7-5-11(2)6-8-13/h5-8,12H,4,9-10H2,1-3H3,(H,16,17). The summed E-state index contributed by atoms with van der Waals surface area (Å²) in [5.41, 5.74) is 1.13. The van der Waals surface area contributed by atoms with Crippen molar-refractivity contribution in [3.05, 3.63) is 29.8 Å². The van der Waals surface area contributed by atoms with Crippen molar-refractivity contribution in [3.8, 4) is 5.75 Å². The molecule has 1 aromatic carbocycles. The van der Waals surface area contributed by atoms with Crippen LogP contribution < -0.4 is 10.1 Å². The molecule has 0 bridgehead atoms. The van der Waals surface area contributed by atoms with Gasteiger partial charge in [0.1, 0.15) is 5.75 Å². The highest BCUT2D eigenvalue weighted by atomic mass is 16.5. The Kier molecular flexibility index (Phi) is 6.56. The molecule has 0 aliphatic rings. The van der Waals surface area contributed by atoms with Gasteiger partial charge in [-0.2, -0.15) is 0 Å². The number of rotatable bonds is 7. The van der Waals surface area contributed by atoms with Gasteiger partial charge < -0.3 is 14.8 Å². The van der Waals surface area contributed by atoms with E-state index in [0.717, 1.165) is 5.56 Å². The first-order valence-electron chi connectivity index (χ1n) is 6.60. The molecule has 0 aromatic heterocycles. The van der Waals surface area contributed by atoms with Gasteiger partial charge in [-0.3, -0.25) is 9.59 Å². The third kappa shape index (κ3) is 5.73. The van der Waals surface area contributed by atoms with Gasteiger partial charge >= 0.3 is 5.97 Å². The van der Waals surface area contributed by atoms with Crippen molar-refractivity contribution in [2.75, 3.05) is 13.7 Å². The molecule has 110 valence electrons. The van der Waals surface area contributed by atoms with Gasteiger partial charge in [-0.25, -0.2) is 0 Å². The number of hydrogen-bond donors (Lipinski definition) is 1. The molecule has 1 aromatic rings. The van der Waals surface area contributed by atoms with Crippen LogP contribution in [-0.2, 0) is 14.3 Å². The molecular weight excluding hydrogens is 258 g/mol. The fraction of sp³-hybridized carbons (Fsp3) is 0.467. The highest BCUT2D eigenvalue weighted by molar-refractivity contribution is 5.79. The van der Waals surface area contributed by atoms with Crippen LogP contribution in [0.15, 0.2) is 24.3 Å². The van der Waals surface area contributed by atoms with E-state index >= 15 is 0 Å². The third-order valence-electron chi connectivity index (χ3n) is 2.89. The van der Waals surface area contributed by atoms with Gasteiger partial charge in [0.05, 0.1) is 13.5 Å². The molecule has 0 aliphatic carbocycles. The van der Waals surface area contributed by atoms with E-state index in [1.165, 1.54) is 7.11 Å². The smallest absolute Gasteiger partial charge is 0.307 e. The Morgan fingerprint density at radius 1 is 1.25 bits per heavy atom. The molecule has 1 amide bonds. The average molecular weight is 279 g/mol. The molecule has 5 nitrogen and oxygen atoms in total. The number of hydrogen-bond acceptors (Lipinski definition) is 4. The Morgan fingerprint density at radius 3 is 2.45 bits per heavy atom. The fourth-order valence-corrected chi connectivity index (χ4v) is 1.63. The Hall–Kier alpha value is -2.04. The third-order valence-corrected chi connectivity index (χ3v) is 2.89. The summed E-state index contributed by atoms with van der Waals surface area (Å²) in [6, 6.07) is 7.23. The zero-order valence-electron chi connectivity index (χ0n) is 12.1. The molecule has 20 heavy (non-hydrogen) atoms. The maximum absolute atomic E-state index is 11.7. The van der Waals surface area contributed by atoms with Crippen LogP contribution in [0.5, 0.6) is 5.75 Å². The van der Waals surface area contributed by atoms with Crippen molar-refractivity contribution in [2.24, 2.45) is 0 Å². The lowest BCUT2D eigenvalue weighted by Crippen LogP contribution is -2.39. The Morgan fingerprint density at radius 2 is 1.90 bits per heavy atom. The van der Waals surface area contributed by atoms with E-state index in [1.54, 1.807) is 0 Å². The van der Waals surface area contributed by atoms with Crippen molar-refractivity contribution in [1.29, 1.82) is 0 Å². The molecule has 0 saturated heterocycles. The van der Waals surface area contributed by atoms with E-state index in [9.17, 15) is 9.59 Å². The number of aryl methyl sites for hydroxylation is 1. The number of esters is 1. The Balaban J connectivity index is 2.38. The number of carbonyl (C=O) groups is 2. The minimum atomic E-state index is -0.336. The van der Waals surface area contributed by atoms with E-state index in [1.807, 2.05) is 38.1 Å². The molecule has 1 N–H and O–H groups in total. The summed E-state index contributed by atoms with van der Waals surface area (Å²) < 4.78 is 9.95. The van der Waals surface area contributed by atoms with Crippen molar-refractivity contribution in [2.45, 2.75) is 32.7 Å². The van der Waals surface area contributed by atoms with Crippen molar-refractivity contribution in [1.82, 2.24) is 5.32 Å². The van der Waals surface area contributed by atoms with Crippen LogP contribution in [0, 0.1) is 6.92 Å². The molecular formula is C15H21NO4. The Labute approximate surface area is 119 Å². The van der Waals surface area contributed by atoms with Gasteiger partial charge in [-0.15, -0.1) is 0 Å². The average Bonchev–Trinajstić information content (AvgIpc) is 2.45. The second-order valence-corrected chi connectivity index (χ2v) is 4.55. The van der Waals surface area contributed by atoms with E-state index < -0.39 is 0 Å². The zero-order chi connectivity index (χ0) is 15.0. The first-order chi connectivity index (χ1) is 9.55. The lowest BCUT2D eigenvalue weighted by atomic mass is 10.1. The van der Waals surface area contributed by atoms with Gasteiger partial charge in [0, 0.05) is 6.04 Å². The number of nitrogens with one attached hydrogen (secondary N) is 1. The molecule has 0 saturated carbocycles. The zero-order valence-corrected chi connectivity index (χ0v) is 12.1. The number of amides is 1. The van der Waals surface area contributed by atoms with Crippen molar-refractivity contribution >= 4 is 11.9 Å². The highest BCUT2D eigenvalue weighted by Gasteiger charge is 2.15. The number of methoxy groups -OCH3 is 1. The highest BCUT2D eigenvalue weighted by Crippen LogP contribution is 2.11. The molecule has 1 rings (SSSR count).